The largest absolute Gasteiger partial charge is 0.496 e. The monoisotopic (exact) mass is 510 g/mol. The maximum absolute atomic E-state index is 13.0. The summed E-state index contributed by atoms with van der Waals surface area (Å²) >= 11 is 0. The molecule has 1 aliphatic rings. The highest BCUT2D eigenvalue weighted by Gasteiger charge is 2.27. The number of ether oxygens (including phenoxy) is 2. The Kier molecular flexibility index (Phi) is 8.34. The third-order valence-corrected chi connectivity index (χ3v) is 8.69. The number of sulfonamides is 1. The van der Waals surface area contributed by atoms with Gasteiger partial charge in [0.05, 0.1) is 36.2 Å². The average Bonchev–Trinajstić information content (AvgIpc) is 2.82. The first-order valence-electron chi connectivity index (χ1n) is 10.9. The van der Waals surface area contributed by atoms with Crippen molar-refractivity contribution in [1.82, 2.24) is 9.62 Å². The van der Waals surface area contributed by atoms with Crippen molar-refractivity contribution in [2.24, 2.45) is 0 Å². The zero-order chi connectivity index (χ0) is 24.9. The Bertz CT molecular complexity index is 1220. The number of rotatable bonds is 9. The molecule has 1 heterocycles. The van der Waals surface area contributed by atoms with Crippen LogP contribution in [0.5, 0.6) is 5.75 Å². The van der Waals surface area contributed by atoms with Crippen molar-refractivity contribution in [3.8, 4) is 5.75 Å². The minimum Gasteiger partial charge on any atom is -0.496 e. The van der Waals surface area contributed by atoms with Gasteiger partial charge in [0, 0.05) is 25.8 Å². The SMILES string of the molecule is COc1ccc(S(=O)(=O)N2CCOCC2)cc1CCC(=O)N[C@@H](C)c1ccc(S(C)(=O)=O)cc1. The molecule has 1 amide bonds. The van der Waals surface area contributed by atoms with E-state index in [4.69, 9.17) is 9.47 Å². The minimum absolute atomic E-state index is 0.128. The van der Waals surface area contributed by atoms with E-state index in [1.54, 1.807) is 24.3 Å². The zero-order valence-electron chi connectivity index (χ0n) is 19.5. The Balaban J connectivity index is 1.67. The summed E-state index contributed by atoms with van der Waals surface area (Å²) in [6.45, 7) is 3.13. The fourth-order valence-electron chi connectivity index (χ4n) is 3.70. The lowest BCUT2D eigenvalue weighted by atomic mass is 10.1. The number of methoxy groups -OCH3 is 1. The van der Waals surface area contributed by atoms with Gasteiger partial charge in [-0.15, -0.1) is 0 Å². The molecule has 0 aliphatic carbocycles. The molecule has 0 unspecified atom stereocenters. The third kappa shape index (κ3) is 6.35. The van der Waals surface area contributed by atoms with Crippen molar-refractivity contribution >= 4 is 25.8 Å². The van der Waals surface area contributed by atoms with Crippen LogP contribution in [0.15, 0.2) is 52.3 Å². The average molecular weight is 511 g/mol. The molecule has 1 atom stereocenters. The van der Waals surface area contributed by atoms with E-state index >= 15 is 0 Å². The Morgan fingerprint density at radius 2 is 1.68 bits per heavy atom. The van der Waals surface area contributed by atoms with E-state index < -0.39 is 19.9 Å². The number of aryl methyl sites for hydroxylation is 1. The number of benzene rings is 2. The molecule has 0 saturated carbocycles. The van der Waals surface area contributed by atoms with Gasteiger partial charge in [0.15, 0.2) is 9.84 Å². The van der Waals surface area contributed by atoms with Gasteiger partial charge >= 0.3 is 0 Å². The van der Waals surface area contributed by atoms with Crippen LogP contribution in [-0.2, 0) is 35.8 Å². The summed E-state index contributed by atoms with van der Waals surface area (Å²) in [6.07, 6.45) is 1.56. The van der Waals surface area contributed by atoms with Crippen molar-refractivity contribution in [2.45, 2.75) is 35.6 Å². The molecular weight excluding hydrogens is 480 g/mol. The minimum atomic E-state index is -3.66. The number of sulfone groups is 1. The first-order chi connectivity index (χ1) is 16.0. The fraction of sp³-hybridized carbons (Fsp3) is 0.435. The normalized spacial score (nSPS) is 16.1. The summed E-state index contributed by atoms with van der Waals surface area (Å²) in [4.78, 5) is 12.9. The first-order valence-corrected chi connectivity index (χ1v) is 14.2. The molecule has 2 aromatic carbocycles. The van der Waals surface area contributed by atoms with Crippen LogP contribution in [0.1, 0.15) is 30.5 Å². The zero-order valence-corrected chi connectivity index (χ0v) is 21.1. The molecule has 1 aliphatic heterocycles. The maximum atomic E-state index is 13.0. The summed E-state index contributed by atoms with van der Waals surface area (Å²) < 4.78 is 61.2. The molecule has 2 aromatic rings. The molecule has 9 nitrogen and oxygen atoms in total. The Morgan fingerprint density at radius 3 is 2.26 bits per heavy atom. The molecule has 0 aromatic heterocycles. The number of carbonyl (C=O) groups excluding carboxylic acids is 1. The maximum Gasteiger partial charge on any atom is 0.243 e. The summed E-state index contributed by atoms with van der Waals surface area (Å²) in [5.41, 5.74) is 1.40. The van der Waals surface area contributed by atoms with Crippen LogP contribution in [0, 0.1) is 0 Å². The number of nitrogens with zero attached hydrogens (tertiary/aromatic N) is 1. The van der Waals surface area contributed by atoms with Crippen LogP contribution in [0.4, 0.5) is 0 Å². The number of carbonyl (C=O) groups is 1. The molecule has 11 heteroatoms. The molecular formula is C23H30N2O7S2. The Morgan fingerprint density at radius 1 is 1.06 bits per heavy atom. The summed E-state index contributed by atoms with van der Waals surface area (Å²) in [7, 11) is -5.45. The van der Waals surface area contributed by atoms with Gasteiger partial charge in [-0.3, -0.25) is 4.79 Å². The molecule has 0 bridgehead atoms. The molecule has 0 spiro atoms. The highest BCUT2D eigenvalue weighted by molar-refractivity contribution is 7.90. The van der Waals surface area contributed by atoms with Gasteiger partial charge in [-0.05, 0) is 54.8 Å². The van der Waals surface area contributed by atoms with Gasteiger partial charge in [-0.25, -0.2) is 16.8 Å². The molecule has 3 rings (SSSR count). The second kappa shape index (κ2) is 10.9. The quantitative estimate of drug-likeness (QED) is 0.547. The van der Waals surface area contributed by atoms with Gasteiger partial charge in [-0.2, -0.15) is 4.31 Å². The van der Waals surface area contributed by atoms with Crippen LogP contribution < -0.4 is 10.1 Å². The number of hydrogen-bond donors (Lipinski definition) is 1. The van der Waals surface area contributed by atoms with E-state index in [1.807, 2.05) is 6.92 Å². The predicted molar refractivity (Wildman–Crippen MR) is 127 cm³/mol. The smallest absolute Gasteiger partial charge is 0.243 e. The van der Waals surface area contributed by atoms with Crippen molar-refractivity contribution in [2.75, 3.05) is 39.7 Å². The van der Waals surface area contributed by atoms with Crippen LogP contribution >= 0.6 is 0 Å². The molecule has 1 fully saturated rings. The van der Waals surface area contributed by atoms with Crippen LogP contribution in [0.2, 0.25) is 0 Å². The number of morpholine rings is 1. The van der Waals surface area contributed by atoms with Gasteiger partial charge in [0.2, 0.25) is 15.9 Å². The van der Waals surface area contributed by atoms with Gasteiger partial charge in [0.1, 0.15) is 5.75 Å². The molecule has 0 radical (unpaired) electrons. The van der Waals surface area contributed by atoms with E-state index in [9.17, 15) is 21.6 Å². The van der Waals surface area contributed by atoms with Crippen LogP contribution in [-0.4, -0.2) is 66.7 Å². The summed E-state index contributed by atoms with van der Waals surface area (Å²) in [5.74, 6) is 0.293. The van der Waals surface area contributed by atoms with Gasteiger partial charge < -0.3 is 14.8 Å². The standard InChI is InChI=1S/C23H30N2O7S2/c1-17(18-4-7-20(8-5-18)33(3,27)28)24-23(26)11-6-19-16-21(9-10-22(19)31-2)34(29,30)25-12-14-32-15-13-25/h4-5,7-10,16-17H,6,11-15H2,1-3H3,(H,24,26)/t17-/m0/s1. The van der Waals surface area contributed by atoms with Crippen molar-refractivity contribution in [3.63, 3.8) is 0 Å². The van der Waals surface area contributed by atoms with E-state index in [2.05, 4.69) is 5.32 Å². The van der Waals surface area contributed by atoms with Crippen LogP contribution in [0.3, 0.4) is 0 Å². The topological polar surface area (TPSA) is 119 Å². The summed E-state index contributed by atoms with van der Waals surface area (Å²) in [6, 6.07) is 10.7. The van der Waals surface area contributed by atoms with Crippen molar-refractivity contribution in [1.29, 1.82) is 0 Å². The third-order valence-electron chi connectivity index (χ3n) is 5.67. The van der Waals surface area contributed by atoms with Crippen molar-refractivity contribution in [3.05, 3.63) is 53.6 Å². The lowest BCUT2D eigenvalue weighted by Crippen LogP contribution is -2.40. The highest BCUT2D eigenvalue weighted by atomic mass is 32.2. The molecule has 34 heavy (non-hydrogen) atoms. The lowest BCUT2D eigenvalue weighted by Gasteiger charge is -2.26. The van der Waals surface area contributed by atoms with Gasteiger partial charge in [-0.1, -0.05) is 12.1 Å². The second-order valence-corrected chi connectivity index (χ2v) is 12.1. The predicted octanol–water partition coefficient (Wildman–Crippen LogP) is 1.93. The number of amides is 1. The first kappa shape index (κ1) is 26.1. The Hall–Kier alpha value is -2.47. The highest BCUT2D eigenvalue weighted by Crippen LogP contribution is 2.26. The molecule has 1 saturated heterocycles. The van der Waals surface area contributed by atoms with E-state index in [-0.39, 0.29) is 28.2 Å². The Labute approximate surface area is 201 Å². The van der Waals surface area contributed by atoms with Crippen LogP contribution in [0.25, 0.3) is 0 Å². The molecule has 186 valence electrons. The van der Waals surface area contributed by atoms with Crippen molar-refractivity contribution < 1.29 is 31.1 Å². The second-order valence-electron chi connectivity index (χ2n) is 8.12. The summed E-state index contributed by atoms with van der Waals surface area (Å²) in [5, 5.41) is 2.89. The fourth-order valence-corrected chi connectivity index (χ4v) is 5.79. The van der Waals surface area contributed by atoms with E-state index in [1.165, 1.54) is 29.6 Å². The molecule has 1 N–H and O–H groups in total. The lowest BCUT2D eigenvalue weighted by molar-refractivity contribution is -0.121. The van der Waals surface area contributed by atoms with Gasteiger partial charge in [0.25, 0.3) is 0 Å². The number of nitrogens with one attached hydrogen (secondary N) is 1. The number of hydrogen-bond acceptors (Lipinski definition) is 7. The van der Waals surface area contributed by atoms with E-state index in [0.29, 0.717) is 44.0 Å². The van der Waals surface area contributed by atoms with E-state index in [0.717, 1.165) is 11.8 Å².